The Kier molecular flexibility index (Phi) is 6.89. The third-order valence-corrected chi connectivity index (χ3v) is 7.84. The fourth-order valence-corrected chi connectivity index (χ4v) is 5.71. The third kappa shape index (κ3) is 5.49. The van der Waals surface area contributed by atoms with Gasteiger partial charge in [-0.2, -0.15) is 31.6 Å². The molecule has 208 valence electrons. The number of alkyl halides is 6. The molecule has 2 aromatic heterocycles. The van der Waals surface area contributed by atoms with Crippen molar-refractivity contribution in [2.45, 2.75) is 55.9 Å². The lowest BCUT2D eigenvalue weighted by molar-refractivity contribution is -0.202. The number of aromatic amines is 1. The highest BCUT2D eigenvalue weighted by Crippen LogP contribution is 2.52. The van der Waals surface area contributed by atoms with Crippen LogP contribution in [-0.4, -0.2) is 45.5 Å². The largest absolute Gasteiger partial charge is 0.493 e. The number of rotatable bonds is 8. The minimum Gasteiger partial charge on any atom is -0.493 e. The molecule has 0 spiro atoms. The number of nitrogens with one attached hydrogen (secondary N) is 2. The van der Waals surface area contributed by atoms with E-state index in [2.05, 4.69) is 20.6 Å². The first-order chi connectivity index (χ1) is 18.4. The standard InChI is InChI=1S/C24H20F7N5O2S/c25-16-10-13(38-9-1-8-23(26,27)28)4-5-15(16)22(24(29,30)31)11-14(18-7-6-17(39-18)12-2-3-12)19(21(37)32-22)20-33-35-36-34-20/h4-7,10,12H,1-3,8-9,11H2,(H,32,37)(H,33,34,35,36). The minimum absolute atomic E-state index is 0.0127. The van der Waals surface area contributed by atoms with E-state index in [1.165, 1.54) is 11.3 Å². The summed E-state index contributed by atoms with van der Waals surface area (Å²) in [5.74, 6) is -2.64. The van der Waals surface area contributed by atoms with Gasteiger partial charge in [0.25, 0.3) is 5.91 Å². The van der Waals surface area contributed by atoms with Gasteiger partial charge in [0.2, 0.25) is 5.82 Å². The maximum Gasteiger partial charge on any atom is 0.416 e. The number of hydrogen-bond donors (Lipinski definition) is 2. The van der Waals surface area contributed by atoms with Crippen LogP contribution in [0.3, 0.4) is 0 Å². The molecule has 0 radical (unpaired) electrons. The van der Waals surface area contributed by atoms with Crippen LogP contribution in [0.5, 0.6) is 5.75 Å². The highest BCUT2D eigenvalue weighted by Gasteiger charge is 2.61. The number of carbonyl (C=O) groups excluding carboxylic acids is 1. The zero-order valence-electron chi connectivity index (χ0n) is 19.9. The summed E-state index contributed by atoms with van der Waals surface area (Å²) in [6.07, 6.45) is -10.0. The average molecular weight is 576 g/mol. The summed E-state index contributed by atoms with van der Waals surface area (Å²) in [4.78, 5) is 14.6. The Bertz CT molecular complexity index is 1400. The second kappa shape index (κ2) is 9.92. The maximum atomic E-state index is 15.3. The van der Waals surface area contributed by atoms with Crippen molar-refractivity contribution >= 4 is 28.4 Å². The Morgan fingerprint density at radius 2 is 1.87 bits per heavy atom. The molecule has 0 bridgehead atoms. The molecular weight excluding hydrogens is 555 g/mol. The molecule has 5 rings (SSSR count). The van der Waals surface area contributed by atoms with E-state index in [9.17, 15) is 31.1 Å². The topological polar surface area (TPSA) is 92.8 Å². The van der Waals surface area contributed by atoms with Crippen LogP contribution in [-0.2, 0) is 10.3 Å². The normalized spacial score (nSPS) is 20.3. The van der Waals surface area contributed by atoms with Crippen LogP contribution < -0.4 is 10.1 Å². The molecule has 0 saturated heterocycles. The molecule has 3 aromatic rings. The predicted molar refractivity (Wildman–Crippen MR) is 125 cm³/mol. The minimum atomic E-state index is -5.15. The van der Waals surface area contributed by atoms with Gasteiger partial charge >= 0.3 is 12.4 Å². The SMILES string of the molecule is O=C1NC(c2ccc(OCCCC(F)(F)F)cc2F)(C(F)(F)F)CC(c2ccc(C3CC3)s2)=C1c1nn[nH]n1. The molecular formula is C24H20F7N5O2S. The second-order valence-corrected chi connectivity index (χ2v) is 10.4. The number of aromatic nitrogens is 4. The Morgan fingerprint density at radius 1 is 1.10 bits per heavy atom. The Labute approximate surface area is 220 Å². The van der Waals surface area contributed by atoms with Gasteiger partial charge in [-0.1, -0.05) is 0 Å². The predicted octanol–water partition coefficient (Wildman–Crippen LogP) is 5.89. The summed E-state index contributed by atoms with van der Waals surface area (Å²) in [5, 5.41) is 15.1. The molecule has 1 aromatic carbocycles. The molecule has 1 aliphatic carbocycles. The Hall–Kier alpha value is -3.49. The van der Waals surface area contributed by atoms with Crippen LogP contribution in [0.2, 0.25) is 0 Å². The van der Waals surface area contributed by atoms with Gasteiger partial charge in [0.15, 0.2) is 5.54 Å². The van der Waals surface area contributed by atoms with E-state index < -0.39 is 61.0 Å². The quantitative estimate of drug-likeness (QED) is 0.258. The van der Waals surface area contributed by atoms with E-state index in [4.69, 9.17) is 4.74 Å². The second-order valence-electron chi connectivity index (χ2n) is 9.31. The van der Waals surface area contributed by atoms with Crippen LogP contribution >= 0.6 is 11.3 Å². The van der Waals surface area contributed by atoms with Crippen molar-refractivity contribution in [3.05, 3.63) is 57.3 Å². The average Bonchev–Trinajstić information content (AvgIpc) is 3.33. The van der Waals surface area contributed by atoms with Crippen molar-refractivity contribution in [1.82, 2.24) is 25.9 Å². The fraction of sp³-hybridized carbons (Fsp3) is 0.417. The number of H-pyrrole nitrogens is 1. The first kappa shape index (κ1) is 27.1. The smallest absolute Gasteiger partial charge is 0.416 e. The van der Waals surface area contributed by atoms with Crippen LogP contribution in [0.25, 0.3) is 11.1 Å². The van der Waals surface area contributed by atoms with Crippen LogP contribution in [0.4, 0.5) is 30.7 Å². The highest BCUT2D eigenvalue weighted by molar-refractivity contribution is 7.13. The molecule has 1 fully saturated rings. The van der Waals surface area contributed by atoms with E-state index in [0.717, 1.165) is 29.9 Å². The van der Waals surface area contributed by atoms with Gasteiger partial charge in [0.05, 0.1) is 12.2 Å². The summed E-state index contributed by atoms with van der Waals surface area (Å²) < 4.78 is 102. The molecule has 1 unspecified atom stereocenters. The fourth-order valence-electron chi connectivity index (χ4n) is 4.49. The first-order valence-electron chi connectivity index (χ1n) is 11.8. The van der Waals surface area contributed by atoms with Gasteiger partial charge in [0.1, 0.15) is 11.6 Å². The number of carbonyl (C=O) groups is 1. The molecule has 7 nitrogen and oxygen atoms in total. The van der Waals surface area contributed by atoms with Crippen LogP contribution in [0.1, 0.15) is 59.2 Å². The summed E-state index contributed by atoms with van der Waals surface area (Å²) in [6, 6.07) is 5.94. The molecule has 2 N–H and O–H groups in total. The Balaban J connectivity index is 1.53. The van der Waals surface area contributed by atoms with Gasteiger partial charge in [0, 0.05) is 34.2 Å². The molecule has 15 heteroatoms. The number of halogens is 7. The van der Waals surface area contributed by atoms with E-state index in [1.54, 1.807) is 12.1 Å². The molecule has 1 saturated carbocycles. The molecule has 1 atom stereocenters. The van der Waals surface area contributed by atoms with E-state index in [-0.39, 0.29) is 22.7 Å². The van der Waals surface area contributed by atoms with Gasteiger partial charge in [-0.15, -0.1) is 21.5 Å². The lowest BCUT2D eigenvalue weighted by Gasteiger charge is -2.41. The number of hydrogen-bond acceptors (Lipinski definition) is 6. The molecule has 1 amide bonds. The summed E-state index contributed by atoms with van der Waals surface area (Å²) in [6.45, 7) is -0.415. The lowest BCUT2D eigenvalue weighted by atomic mass is 9.77. The first-order valence-corrected chi connectivity index (χ1v) is 12.7. The van der Waals surface area contributed by atoms with Gasteiger partial charge in [-0.25, -0.2) is 4.39 Å². The molecule has 39 heavy (non-hydrogen) atoms. The highest BCUT2D eigenvalue weighted by atomic mass is 32.1. The monoisotopic (exact) mass is 575 g/mol. The lowest BCUT2D eigenvalue weighted by Crippen LogP contribution is -2.58. The summed E-state index contributed by atoms with van der Waals surface area (Å²) >= 11 is 1.25. The third-order valence-electron chi connectivity index (χ3n) is 6.53. The summed E-state index contributed by atoms with van der Waals surface area (Å²) in [7, 11) is 0. The van der Waals surface area contributed by atoms with E-state index in [1.807, 2.05) is 5.32 Å². The number of ether oxygens (including phenoxy) is 1. The van der Waals surface area contributed by atoms with Gasteiger partial charge in [-0.05, 0) is 60.2 Å². The van der Waals surface area contributed by atoms with E-state index in [0.29, 0.717) is 16.9 Å². The zero-order valence-corrected chi connectivity index (χ0v) is 20.7. The van der Waals surface area contributed by atoms with Gasteiger partial charge in [-0.3, -0.25) is 4.79 Å². The number of tetrazole rings is 1. The summed E-state index contributed by atoms with van der Waals surface area (Å²) in [5.41, 5.74) is -4.25. The van der Waals surface area contributed by atoms with Crippen molar-refractivity contribution in [3.63, 3.8) is 0 Å². The Morgan fingerprint density at radius 3 is 2.49 bits per heavy atom. The molecule has 3 heterocycles. The van der Waals surface area contributed by atoms with Crippen molar-refractivity contribution < 1.29 is 40.3 Å². The maximum absolute atomic E-state index is 15.3. The number of amides is 1. The molecule has 2 aliphatic rings. The van der Waals surface area contributed by atoms with Crippen molar-refractivity contribution in [3.8, 4) is 5.75 Å². The van der Waals surface area contributed by atoms with Crippen molar-refractivity contribution in [1.29, 1.82) is 0 Å². The van der Waals surface area contributed by atoms with Crippen LogP contribution in [0, 0.1) is 5.82 Å². The van der Waals surface area contributed by atoms with Crippen molar-refractivity contribution in [2.24, 2.45) is 0 Å². The number of nitrogens with zero attached hydrogens (tertiary/aromatic N) is 3. The zero-order chi connectivity index (χ0) is 28.0. The molecule has 1 aliphatic heterocycles. The van der Waals surface area contributed by atoms with Crippen LogP contribution in [0.15, 0.2) is 30.3 Å². The van der Waals surface area contributed by atoms with Gasteiger partial charge < -0.3 is 10.1 Å². The number of benzene rings is 1. The van der Waals surface area contributed by atoms with E-state index >= 15 is 4.39 Å². The number of thiophene rings is 1. The van der Waals surface area contributed by atoms with Crippen molar-refractivity contribution in [2.75, 3.05) is 6.61 Å².